The Hall–Kier alpha value is -1.76. The van der Waals surface area contributed by atoms with Crippen molar-refractivity contribution in [2.24, 2.45) is 0 Å². The first-order valence-electron chi connectivity index (χ1n) is 6.02. The lowest BCUT2D eigenvalue weighted by molar-refractivity contribution is 0.0697. The summed E-state index contributed by atoms with van der Waals surface area (Å²) in [6, 6.07) is 8.16. The average molecular weight is 360 g/mol. The molecule has 2 aromatic rings. The van der Waals surface area contributed by atoms with Crippen LogP contribution in [0, 0.1) is 6.92 Å². The Morgan fingerprint density at radius 2 is 1.77 bits per heavy atom. The van der Waals surface area contributed by atoms with Gasteiger partial charge in [0.15, 0.2) is 0 Å². The van der Waals surface area contributed by atoms with Gasteiger partial charge in [-0.25, -0.2) is 13.2 Å². The van der Waals surface area contributed by atoms with Gasteiger partial charge in [-0.3, -0.25) is 4.72 Å². The molecule has 8 heteroatoms. The van der Waals surface area contributed by atoms with E-state index < -0.39 is 16.0 Å². The lowest BCUT2D eigenvalue weighted by Crippen LogP contribution is -2.13. The SMILES string of the molecule is Cc1ccc(S(=O)(=O)Nc2ccc(Cl)c(C(=O)O)c2)cc1Cl. The summed E-state index contributed by atoms with van der Waals surface area (Å²) in [6.45, 7) is 1.75. The van der Waals surface area contributed by atoms with Crippen molar-refractivity contribution < 1.29 is 18.3 Å². The Bertz CT molecular complexity index is 850. The Morgan fingerprint density at radius 3 is 2.36 bits per heavy atom. The van der Waals surface area contributed by atoms with Crippen LogP contribution < -0.4 is 4.72 Å². The van der Waals surface area contributed by atoms with Crippen molar-refractivity contribution in [1.29, 1.82) is 0 Å². The van der Waals surface area contributed by atoms with Crippen molar-refractivity contribution in [3.63, 3.8) is 0 Å². The molecule has 0 spiro atoms. The summed E-state index contributed by atoms with van der Waals surface area (Å²) >= 11 is 11.7. The molecule has 0 saturated carbocycles. The molecular formula is C14H11Cl2NO4S. The number of hydrogen-bond acceptors (Lipinski definition) is 3. The number of nitrogens with one attached hydrogen (secondary N) is 1. The maximum absolute atomic E-state index is 12.3. The predicted octanol–water partition coefficient (Wildman–Crippen LogP) is 3.80. The normalized spacial score (nSPS) is 11.2. The van der Waals surface area contributed by atoms with Crippen LogP contribution in [0.3, 0.4) is 0 Å². The molecule has 2 aromatic carbocycles. The van der Waals surface area contributed by atoms with Gasteiger partial charge in [-0.05, 0) is 42.8 Å². The monoisotopic (exact) mass is 359 g/mol. The number of anilines is 1. The van der Waals surface area contributed by atoms with Crippen molar-refractivity contribution in [3.05, 3.63) is 57.6 Å². The van der Waals surface area contributed by atoms with E-state index >= 15 is 0 Å². The Morgan fingerprint density at radius 1 is 1.09 bits per heavy atom. The van der Waals surface area contributed by atoms with Gasteiger partial charge in [0.05, 0.1) is 15.5 Å². The van der Waals surface area contributed by atoms with E-state index in [1.807, 2.05) is 0 Å². The fourth-order valence-corrected chi connectivity index (χ4v) is 3.23. The Balaban J connectivity index is 2.38. The first kappa shape index (κ1) is 16.6. The summed E-state index contributed by atoms with van der Waals surface area (Å²) in [6.07, 6.45) is 0. The lowest BCUT2D eigenvalue weighted by Gasteiger charge is -2.10. The molecule has 116 valence electrons. The van der Waals surface area contributed by atoms with Crippen LogP contribution in [0.5, 0.6) is 0 Å². The van der Waals surface area contributed by atoms with Gasteiger partial charge in [-0.15, -0.1) is 0 Å². The van der Waals surface area contributed by atoms with Gasteiger partial charge in [0.25, 0.3) is 10.0 Å². The van der Waals surface area contributed by atoms with Crippen LogP contribution in [-0.2, 0) is 10.0 Å². The van der Waals surface area contributed by atoms with Crippen LogP contribution in [0.15, 0.2) is 41.3 Å². The number of aryl methyl sites for hydroxylation is 1. The molecule has 0 amide bonds. The zero-order chi connectivity index (χ0) is 16.5. The minimum Gasteiger partial charge on any atom is -0.478 e. The highest BCUT2D eigenvalue weighted by Gasteiger charge is 2.17. The molecule has 0 unspecified atom stereocenters. The van der Waals surface area contributed by atoms with Gasteiger partial charge < -0.3 is 5.11 Å². The maximum Gasteiger partial charge on any atom is 0.337 e. The molecule has 5 nitrogen and oxygen atoms in total. The number of rotatable bonds is 4. The first-order chi connectivity index (χ1) is 10.2. The van der Waals surface area contributed by atoms with Crippen LogP contribution in [0.4, 0.5) is 5.69 Å². The molecular weight excluding hydrogens is 349 g/mol. The van der Waals surface area contributed by atoms with E-state index in [1.165, 1.54) is 24.3 Å². The Kier molecular flexibility index (Phi) is 4.65. The number of carbonyl (C=O) groups is 1. The maximum atomic E-state index is 12.3. The second-order valence-corrected chi connectivity index (χ2v) is 7.01. The quantitative estimate of drug-likeness (QED) is 0.869. The van der Waals surface area contributed by atoms with Crippen LogP contribution in [0.2, 0.25) is 10.0 Å². The molecule has 0 atom stereocenters. The van der Waals surface area contributed by atoms with Gasteiger partial charge in [-0.1, -0.05) is 29.3 Å². The van der Waals surface area contributed by atoms with Gasteiger partial charge in [0.2, 0.25) is 0 Å². The van der Waals surface area contributed by atoms with Crippen LogP contribution in [-0.4, -0.2) is 19.5 Å². The van der Waals surface area contributed by atoms with Gasteiger partial charge in [0, 0.05) is 10.7 Å². The van der Waals surface area contributed by atoms with Crippen LogP contribution in [0.25, 0.3) is 0 Å². The summed E-state index contributed by atoms with van der Waals surface area (Å²) in [4.78, 5) is 11.0. The van der Waals surface area contributed by atoms with E-state index in [4.69, 9.17) is 28.3 Å². The lowest BCUT2D eigenvalue weighted by atomic mass is 10.2. The molecule has 2 N–H and O–H groups in total. The number of carboxylic acid groups (broad SMARTS) is 1. The van der Waals surface area contributed by atoms with Crippen molar-refractivity contribution in [3.8, 4) is 0 Å². The Labute approximate surface area is 137 Å². The van der Waals surface area contributed by atoms with E-state index in [9.17, 15) is 13.2 Å². The number of aromatic carboxylic acids is 1. The van der Waals surface area contributed by atoms with E-state index in [2.05, 4.69) is 4.72 Å². The summed E-state index contributed by atoms with van der Waals surface area (Å²) in [5, 5.41) is 9.34. The number of sulfonamides is 1. The highest BCUT2D eigenvalue weighted by atomic mass is 35.5. The molecule has 0 saturated heterocycles. The average Bonchev–Trinajstić information content (AvgIpc) is 2.43. The fraction of sp³-hybridized carbons (Fsp3) is 0.0714. The minimum atomic E-state index is -3.88. The molecule has 0 aliphatic carbocycles. The molecule has 0 bridgehead atoms. The molecule has 0 heterocycles. The molecule has 0 radical (unpaired) electrons. The van der Waals surface area contributed by atoms with Crippen molar-refractivity contribution in [2.75, 3.05) is 4.72 Å². The predicted molar refractivity (Wildman–Crippen MR) is 85.4 cm³/mol. The van der Waals surface area contributed by atoms with Crippen LogP contribution >= 0.6 is 23.2 Å². The largest absolute Gasteiger partial charge is 0.478 e. The topological polar surface area (TPSA) is 83.5 Å². The number of carboxylic acids is 1. The minimum absolute atomic E-state index is 0.0186. The van der Waals surface area contributed by atoms with Crippen LogP contribution in [0.1, 0.15) is 15.9 Å². The first-order valence-corrected chi connectivity index (χ1v) is 8.26. The summed E-state index contributed by atoms with van der Waals surface area (Å²) in [7, 11) is -3.88. The number of halogens is 2. The summed E-state index contributed by atoms with van der Waals surface area (Å²) in [5.41, 5.74) is 0.655. The van der Waals surface area contributed by atoms with E-state index in [1.54, 1.807) is 13.0 Å². The zero-order valence-electron chi connectivity index (χ0n) is 11.3. The fourth-order valence-electron chi connectivity index (χ4n) is 1.71. The van der Waals surface area contributed by atoms with E-state index in [0.29, 0.717) is 5.02 Å². The van der Waals surface area contributed by atoms with Gasteiger partial charge in [-0.2, -0.15) is 0 Å². The molecule has 0 aliphatic heterocycles. The number of benzene rings is 2. The molecule has 2 rings (SSSR count). The highest BCUT2D eigenvalue weighted by Crippen LogP contribution is 2.25. The smallest absolute Gasteiger partial charge is 0.337 e. The second-order valence-electron chi connectivity index (χ2n) is 4.52. The third kappa shape index (κ3) is 3.52. The van der Waals surface area contributed by atoms with Crippen molar-refractivity contribution in [1.82, 2.24) is 0 Å². The van der Waals surface area contributed by atoms with Crippen molar-refractivity contribution in [2.45, 2.75) is 11.8 Å². The van der Waals surface area contributed by atoms with E-state index in [-0.39, 0.29) is 21.2 Å². The molecule has 0 aromatic heterocycles. The molecule has 0 fully saturated rings. The van der Waals surface area contributed by atoms with Gasteiger partial charge in [0.1, 0.15) is 0 Å². The van der Waals surface area contributed by atoms with E-state index in [0.717, 1.165) is 11.6 Å². The third-order valence-corrected chi connectivity index (χ3v) is 5.02. The zero-order valence-corrected chi connectivity index (χ0v) is 13.6. The summed E-state index contributed by atoms with van der Waals surface area (Å²) in [5.74, 6) is -1.25. The van der Waals surface area contributed by atoms with Crippen molar-refractivity contribution >= 4 is 44.9 Å². The number of hydrogen-bond donors (Lipinski definition) is 2. The standard InChI is InChI=1S/C14H11Cl2NO4S/c1-8-2-4-10(7-13(8)16)22(20,21)17-9-3-5-12(15)11(6-9)14(18)19/h2-7,17H,1H3,(H,18,19). The summed E-state index contributed by atoms with van der Waals surface area (Å²) < 4.78 is 26.9. The second kappa shape index (κ2) is 6.16. The molecule has 0 aliphatic rings. The molecule has 22 heavy (non-hydrogen) atoms. The highest BCUT2D eigenvalue weighted by molar-refractivity contribution is 7.92. The third-order valence-electron chi connectivity index (χ3n) is 2.90. The van der Waals surface area contributed by atoms with Gasteiger partial charge >= 0.3 is 5.97 Å².